The van der Waals surface area contributed by atoms with Crippen LogP contribution in [0.15, 0.2) is 16.6 Å². The van der Waals surface area contributed by atoms with E-state index in [1.54, 1.807) is 23.1 Å². The molecule has 0 atom stereocenters. The van der Waals surface area contributed by atoms with E-state index in [2.05, 4.69) is 26.3 Å². The van der Waals surface area contributed by atoms with Crippen LogP contribution in [-0.2, 0) is 4.74 Å². The number of thioether (sulfide) groups is 1. The molecule has 0 spiro atoms. The van der Waals surface area contributed by atoms with Crippen LogP contribution in [0.5, 0.6) is 0 Å². The largest absolute Gasteiger partial charge is 0.378 e. The first-order chi connectivity index (χ1) is 8.38. The van der Waals surface area contributed by atoms with Gasteiger partial charge in [0, 0.05) is 13.1 Å². The van der Waals surface area contributed by atoms with Crippen molar-refractivity contribution in [2.45, 2.75) is 5.16 Å². The summed E-state index contributed by atoms with van der Waals surface area (Å²) >= 11 is 3.26. The molecule has 1 fully saturated rings. The molecule has 0 saturated carbocycles. The molecule has 6 heteroatoms. The van der Waals surface area contributed by atoms with Gasteiger partial charge in [-0.25, -0.2) is 9.97 Å². The second-order valence-corrected chi connectivity index (χ2v) is 5.44. The van der Waals surface area contributed by atoms with E-state index >= 15 is 0 Å². The molecule has 90 valence electrons. The molecule has 2 aromatic heterocycles. The summed E-state index contributed by atoms with van der Waals surface area (Å²) in [6, 6.07) is 2.11. The van der Waals surface area contributed by atoms with Crippen LogP contribution in [0.1, 0.15) is 0 Å². The number of nitrogens with zero attached hydrogens (tertiary/aromatic N) is 3. The molecule has 0 aliphatic carbocycles. The number of hydrogen-bond donors (Lipinski definition) is 0. The van der Waals surface area contributed by atoms with Crippen LogP contribution in [0.2, 0.25) is 0 Å². The first-order valence-electron chi connectivity index (χ1n) is 5.50. The van der Waals surface area contributed by atoms with Crippen molar-refractivity contribution in [3.05, 3.63) is 11.4 Å². The van der Waals surface area contributed by atoms with E-state index in [9.17, 15) is 0 Å². The second kappa shape index (κ2) is 4.80. The molecule has 1 saturated heterocycles. The fourth-order valence-electron chi connectivity index (χ4n) is 1.93. The van der Waals surface area contributed by atoms with Crippen molar-refractivity contribution in [1.82, 2.24) is 9.97 Å². The van der Waals surface area contributed by atoms with Crippen molar-refractivity contribution in [3.63, 3.8) is 0 Å². The van der Waals surface area contributed by atoms with Gasteiger partial charge in [-0.1, -0.05) is 11.8 Å². The lowest BCUT2D eigenvalue weighted by molar-refractivity contribution is 0.122. The van der Waals surface area contributed by atoms with E-state index in [0.717, 1.165) is 47.5 Å². The molecule has 3 heterocycles. The van der Waals surface area contributed by atoms with Crippen LogP contribution < -0.4 is 4.90 Å². The molecule has 1 aliphatic rings. The molecule has 0 unspecified atom stereocenters. The molecular formula is C11H13N3OS2. The van der Waals surface area contributed by atoms with Crippen LogP contribution in [0.25, 0.3) is 10.2 Å². The number of aromatic nitrogens is 2. The maximum absolute atomic E-state index is 5.38. The molecule has 0 aromatic carbocycles. The van der Waals surface area contributed by atoms with E-state index in [4.69, 9.17) is 4.74 Å². The van der Waals surface area contributed by atoms with Crippen molar-refractivity contribution in [2.75, 3.05) is 37.5 Å². The Hall–Kier alpha value is -0.850. The average molecular weight is 267 g/mol. The van der Waals surface area contributed by atoms with E-state index < -0.39 is 0 Å². The van der Waals surface area contributed by atoms with Crippen molar-refractivity contribution < 1.29 is 4.74 Å². The third kappa shape index (κ3) is 2.12. The van der Waals surface area contributed by atoms with Gasteiger partial charge in [-0.2, -0.15) is 0 Å². The third-order valence-electron chi connectivity index (χ3n) is 2.78. The van der Waals surface area contributed by atoms with Crippen LogP contribution >= 0.6 is 23.1 Å². The quantitative estimate of drug-likeness (QED) is 0.616. The van der Waals surface area contributed by atoms with Gasteiger partial charge in [0.05, 0.1) is 18.6 Å². The zero-order chi connectivity index (χ0) is 11.7. The van der Waals surface area contributed by atoms with Crippen LogP contribution in [0.4, 0.5) is 5.82 Å². The Kier molecular flexibility index (Phi) is 3.17. The molecule has 0 radical (unpaired) electrons. The number of ether oxygens (including phenoxy) is 1. The highest BCUT2D eigenvalue weighted by atomic mass is 32.2. The first kappa shape index (κ1) is 11.3. The molecule has 17 heavy (non-hydrogen) atoms. The summed E-state index contributed by atoms with van der Waals surface area (Å²) < 4.78 is 5.38. The Balaban J connectivity index is 2.08. The number of fused-ring (bicyclic) bond motifs is 1. The predicted octanol–water partition coefficient (Wildman–Crippen LogP) is 2.25. The van der Waals surface area contributed by atoms with Gasteiger partial charge in [0.1, 0.15) is 10.6 Å². The monoisotopic (exact) mass is 267 g/mol. The van der Waals surface area contributed by atoms with Gasteiger partial charge in [-0.15, -0.1) is 11.3 Å². The molecule has 4 nitrogen and oxygen atoms in total. The summed E-state index contributed by atoms with van der Waals surface area (Å²) in [4.78, 5) is 12.5. The molecule has 2 aromatic rings. The molecule has 1 aliphatic heterocycles. The minimum atomic E-state index is 0.782. The highest BCUT2D eigenvalue weighted by molar-refractivity contribution is 7.98. The summed E-state index contributed by atoms with van der Waals surface area (Å²) in [6.45, 7) is 3.39. The molecule has 3 rings (SSSR count). The average Bonchev–Trinajstić information content (AvgIpc) is 2.86. The molecule has 0 bridgehead atoms. The summed E-state index contributed by atoms with van der Waals surface area (Å²) in [6.07, 6.45) is 2.01. The minimum Gasteiger partial charge on any atom is -0.378 e. The Bertz CT molecular complexity index is 522. The Morgan fingerprint density at radius 1 is 1.35 bits per heavy atom. The summed E-state index contributed by atoms with van der Waals surface area (Å²) in [5.74, 6) is 1.06. The van der Waals surface area contributed by atoms with E-state index in [-0.39, 0.29) is 0 Å². The maximum Gasteiger partial charge on any atom is 0.190 e. The fraction of sp³-hybridized carbons (Fsp3) is 0.455. The number of rotatable bonds is 2. The zero-order valence-corrected chi connectivity index (χ0v) is 11.2. The topological polar surface area (TPSA) is 38.2 Å². The lowest BCUT2D eigenvalue weighted by Gasteiger charge is -2.28. The Morgan fingerprint density at radius 2 is 2.18 bits per heavy atom. The van der Waals surface area contributed by atoms with Gasteiger partial charge >= 0.3 is 0 Å². The minimum absolute atomic E-state index is 0.782. The maximum atomic E-state index is 5.38. The number of hydrogen-bond acceptors (Lipinski definition) is 6. The van der Waals surface area contributed by atoms with Gasteiger partial charge < -0.3 is 9.64 Å². The Labute approximate surface area is 108 Å². The normalized spacial score (nSPS) is 16.6. The highest BCUT2D eigenvalue weighted by Gasteiger charge is 2.17. The number of anilines is 1. The van der Waals surface area contributed by atoms with Gasteiger partial charge in [0.25, 0.3) is 0 Å². The van der Waals surface area contributed by atoms with Gasteiger partial charge in [0.2, 0.25) is 0 Å². The molecular weight excluding hydrogens is 254 g/mol. The Morgan fingerprint density at radius 3 is 2.94 bits per heavy atom. The first-order valence-corrected chi connectivity index (χ1v) is 7.61. The van der Waals surface area contributed by atoms with Crippen LogP contribution in [0.3, 0.4) is 0 Å². The number of morpholine rings is 1. The van der Waals surface area contributed by atoms with Crippen molar-refractivity contribution in [2.24, 2.45) is 0 Å². The summed E-state index contributed by atoms with van der Waals surface area (Å²) in [7, 11) is 0. The van der Waals surface area contributed by atoms with Crippen LogP contribution in [-0.4, -0.2) is 42.5 Å². The second-order valence-electron chi connectivity index (χ2n) is 3.77. The van der Waals surface area contributed by atoms with Crippen molar-refractivity contribution in [1.29, 1.82) is 0 Å². The smallest absolute Gasteiger partial charge is 0.190 e. The van der Waals surface area contributed by atoms with E-state index in [1.165, 1.54) is 0 Å². The SMILES string of the molecule is CSc1nc(N2CCOCC2)c2ccsc2n1. The zero-order valence-electron chi connectivity index (χ0n) is 9.55. The van der Waals surface area contributed by atoms with Gasteiger partial charge in [-0.3, -0.25) is 0 Å². The lowest BCUT2D eigenvalue weighted by Crippen LogP contribution is -2.36. The molecule has 0 N–H and O–H groups in total. The summed E-state index contributed by atoms with van der Waals surface area (Å²) in [5.41, 5.74) is 0. The molecule has 0 amide bonds. The van der Waals surface area contributed by atoms with E-state index in [1.807, 2.05) is 6.26 Å². The lowest BCUT2D eigenvalue weighted by atomic mass is 10.3. The van der Waals surface area contributed by atoms with Crippen LogP contribution in [0, 0.1) is 0 Å². The van der Waals surface area contributed by atoms with Gasteiger partial charge in [-0.05, 0) is 17.7 Å². The fourth-order valence-corrected chi connectivity index (χ4v) is 3.10. The third-order valence-corrected chi connectivity index (χ3v) is 4.13. The van der Waals surface area contributed by atoms with Crippen molar-refractivity contribution >= 4 is 39.1 Å². The summed E-state index contributed by atoms with van der Waals surface area (Å²) in [5, 5.41) is 4.09. The van der Waals surface area contributed by atoms with Crippen molar-refractivity contribution in [3.8, 4) is 0 Å². The highest BCUT2D eigenvalue weighted by Crippen LogP contribution is 2.30. The number of thiophene rings is 1. The standard InChI is InChI=1S/C11H13N3OS2/c1-16-11-12-9(14-3-5-15-6-4-14)8-2-7-17-10(8)13-11/h2,7H,3-6H2,1H3. The predicted molar refractivity (Wildman–Crippen MR) is 72.2 cm³/mol. The van der Waals surface area contributed by atoms with E-state index in [0.29, 0.717) is 0 Å². The van der Waals surface area contributed by atoms with Gasteiger partial charge in [0.15, 0.2) is 5.16 Å².